The minimum Gasteiger partial charge on any atom is -0.395 e. The Labute approximate surface area is 174 Å². The van der Waals surface area contributed by atoms with Gasteiger partial charge in [0, 0.05) is 44.5 Å². The molecule has 1 saturated heterocycles. The molecule has 0 saturated carbocycles. The van der Waals surface area contributed by atoms with Gasteiger partial charge in [0.15, 0.2) is 11.5 Å². The van der Waals surface area contributed by atoms with E-state index in [1.807, 2.05) is 19.1 Å². The summed E-state index contributed by atoms with van der Waals surface area (Å²) < 4.78 is 63.3. The fourth-order valence-corrected chi connectivity index (χ4v) is 5.19. The number of fused-ring (bicyclic) bond motifs is 1. The van der Waals surface area contributed by atoms with Crippen LogP contribution in [0, 0.1) is 6.92 Å². The zero-order valence-corrected chi connectivity index (χ0v) is 17.5. The molecule has 1 N–H and O–H groups in total. The minimum atomic E-state index is -4.00. The number of alkyl halides is 2. The van der Waals surface area contributed by atoms with Crippen LogP contribution in [0.3, 0.4) is 0 Å². The number of hydrogen-bond donors (Lipinski definition) is 1. The second-order valence-corrected chi connectivity index (χ2v) is 9.02. The van der Waals surface area contributed by atoms with E-state index in [-0.39, 0.29) is 22.9 Å². The van der Waals surface area contributed by atoms with Crippen molar-refractivity contribution in [1.29, 1.82) is 0 Å². The van der Waals surface area contributed by atoms with Gasteiger partial charge in [-0.2, -0.15) is 0 Å². The molecule has 2 aliphatic rings. The molecule has 0 radical (unpaired) electrons. The van der Waals surface area contributed by atoms with E-state index in [0.29, 0.717) is 5.69 Å². The lowest BCUT2D eigenvalue weighted by Gasteiger charge is -2.32. The van der Waals surface area contributed by atoms with E-state index >= 15 is 0 Å². The lowest BCUT2D eigenvalue weighted by Crippen LogP contribution is -2.43. The lowest BCUT2D eigenvalue weighted by molar-refractivity contribution is -0.286. The summed E-state index contributed by atoms with van der Waals surface area (Å²) in [5.41, 5.74) is 2.55. The molecule has 2 heterocycles. The summed E-state index contributed by atoms with van der Waals surface area (Å²) >= 11 is 0. The summed E-state index contributed by atoms with van der Waals surface area (Å²) in [4.78, 5) is 2.08. The lowest BCUT2D eigenvalue weighted by atomic mass is 10.1. The van der Waals surface area contributed by atoms with E-state index in [0.717, 1.165) is 43.5 Å². The molecular formula is C20H23F2N3O4S. The fraction of sp³-hybridized carbons (Fsp3) is 0.400. The molecule has 10 heteroatoms. The summed E-state index contributed by atoms with van der Waals surface area (Å²) in [5, 5.41) is 3.30. The highest BCUT2D eigenvalue weighted by Crippen LogP contribution is 2.42. The zero-order valence-electron chi connectivity index (χ0n) is 16.7. The number of sulfonamides is 1. The molecule has 30 heavy (non-hydrogen) atoms. The van der Waals surface area contributed by atoms with E-state index in [4.69, 9.17) is 0 Å². The van der Waals surface area contributed by atoms with Crippen molar-refractivity contribution in [2.75, 3.05) is 41.9 Å². The van der Waals surface area contributed by atoms with Gasteiger partial charge in [-0.05, 0) is 43.7 Å². The fourth-order valence-electron chi connectivity index (χ4n) is 3.71. The summed E-state index contributed by atoms with van der Waals surface area (Å²) in [6.45, 7) is 7.28. The molecule has 0 unspecified atom stereocenters. The number of aryl methyl sites for hydroxylation is 1. The van der Waals surface area contributed by atoms with Crippen molar-refractivity contribution in [1.82, 2.24) is 5.32 Å². The zero-order chi connectivity index (χ0) is 21.5. The second kappa shape index (κ2) is 7.59. The number of ether oxygens (including phenoxy) is 2. The van der Waals surface area contributed by atoms with Gasteiger partial charge in [-0.3, -0.25) is 4.31 Å². The van der Waals surface area contributed by atoms with Crippen molar-refractivity contribution < 1.29 is 26.7 Å². The Bertz CT molecular complexity index is 1060. The van der Waals surface area contributed by atoms with Crippen LogP contribution in [0.2, 0.25) is 0 Å². The Kier molecular flexibility index (Phi) is 5.23. The maximum atomic E-state index is 13.3. The van der Waals surface area contributed by atoms with Gasteiger partial charge in [0.05, 0.1) is 10.6 Å². The Hall–Kier alpha value is -2.59. The molecule has 1 fully saturated rings. The molecule has 2 aromatic carbocycles. The van der Waals surface area contributed by atoms with Crippen molar-refractivity contribution in [3.8, 4) is 11.5 Å². The molecule has 4 rings (SSSR count). The van der Waals surface area contributed by atoms with Crippen LogP contribution in [0.5, 0.6) is 11.5 Å². The van der Waals surface area contributed by atoms with E-state index in [1.54, 1.807) is 13.0 Å². The molecule has 0 bridgehead atoms. The molecule has 7 nitrogen and oxygen atoms in total. The first-order chi connectivity index (χ1) is 14.2. The highest BCUT2D eigenvalue weighted by atomic mass is 32.2. The SMILES string of the molecule is CCN(c1ccc(C)c(N2CCNCC2)c1)S(=O)(=O)c1ccc2c(c1)OC(F)(F)O2. The number of nitrogens with one attached hydrogen (secondary N) is 1. The Morgan fingerprint density at radius 2 is 1.80 bits per heavy atom. The van der Waals surface area contributed by atoms with Crippen molar-refractivity contribution in [3.05, 3.63) is 42.0 Å². The number of benzene rings is 2. The highest BCUT2D eigenvalue weighted by Gasteiger charge is 2.44. The van der Waals surface area contributed by atoms with E-state index in [9.17, 15) is 17.2 Å². The quantitative estimate of drug-likeness (QED) is 0.773. The predicted octanol–water partition coefficient (Wildman–Crippen LogP) is 2.94. The number of halogens is 2. The van der Waals surface area contributed by atoms with E-state index in [1.165, 1.54) is 16.4 Å². The molecule has 0 atom stereocenters. The Morgan fingerprint density at radius 1 is 1.10 bits per heavy atom. The Morgan fingerprint density at radius 3 is 2.50 bits per heavy atom. The third-order valence-corrected chi connectivity index (χ3v) is 7.09. The maximum Gasteiger partial charge on any atom is 0.586 e. The first kappa shape index (κ1) is 20.7. The molecule has 2 aliphatic heterocycles. The van der Waals surface area contributed by atoms with Crippen LogP contribution in [-0.4, -0.2) is 47.4 Å². The molecular weight excluding hydrogens is 416 g/mol. The van der Waals surface area contributed by atoms with Gasteiger partial charge in [-0.1, -0.05) is 6.07 Å². The third kappa shape index (κ3) is 3.77. The van der Waals surface area contributed by atoms with Crippen LogP contribution < -0.4 is 24.0 Å². The molecule has 0 aliphatic carbocycles. The van der Waals surface area contributed by atoms with Crippen LogP contribution >= 0.6 is 0 Å². The predicted molar refractivity (Wildman–Crippen MR) is 109 cm³/mol. The monoisotopic (exact) mass is 439 g/mol. The second-order valence-electron chi connectivity index (χ2n) is 7.15. The van der Waals surface area contributed by atoms with Crippen LogP contribution in [0.1, 0.15) is 12.5 Å². The number of hydrogen-bond acceptors (Lipinski definition) is 6. The van der Waals surface area contributed by atoms with Crippen molar-refractivity contribution in [3.63, 3.8) is 0 Å². The highest BCUT2D eigenvalue weighted by molar-refractivity contribution is 7.92. The van der Waals surface area contributed by atoms with Gasteiger partial charge >= 0.3 is 6.29 Å². The smallest absolute Gasteiger partial charge is 0.395 e. The third-order valence-electron chi connectivity index (χ3n) is 5.19. The topological polar surface area (TPSA) is 71.1 Å². The minimum absolute atomic E-state index is 0.145. The van der Waals surface area contributed by atoms with Gasteiger partial charge in [0.1, 0.15) is 0 Å². The van der Waals surface area contributed by atoms with E-state index < -0.39 is 16.3 Å². The van der Waals surface area contributed by atoms with Gasteiger partial charge in [0.25, 0.3) is 10.0 Å². The summed E-state index contributed by atoms with van der Waals surface area (Å²) in [7, 11) is -4.00. The average molecular weight is 439 g/mol. The molecule has 0 amide bonds. The van der Waals surface area contributed by atoms with Crippen LogP contribution in [0.15, 0.2) is 41.3 Å². The maximum absolute atomic E-state index is 13.3. The van der Waals surface area contributed by atoms with Crippen LogP contribution in [0.4, 0.5) is 20.2 Å². The van der Waals surface area contributed by atoms with E-state index in [2.05, 4.69) is 19.7 Å². The summed E-state index contributed by atoms with van der Waals surface area (Å²) in [6.07, 6.45) is -3.80. The first-order valence-corrected chi connectivity index (χ1v) is 11.1. The van der Waals surface area contributed by atoms with Gasteiger partial charge in [-0.15, -0.1) is 8.78 Å². The Balaban J connectivity index is 1.69. The number of anilines is 2. The summed E-state index contributed by atoms with van der Waals surface area (Å²) in [5.74, 6) is -0.499. The number of rotatable bonds is 5. The van der Waals surface area contributed by atoms with Crippen LogP contribution in [0.25, 0.3) is 0 Å². The largest absolute Gasteiger partial charge is 0.586 e. The van der Waals surface area contributed by atoms with Crippen molar-refractivity contribution in [2.45, 2.75) is 25.0 Å². The van der Waals surface area contributed by atoms with Gasteiger partial charge < -0.3 is 19.7 Å². The van der Waals surface area contributed by atoms with Crippen molar-refractivity contribution in [2.24, 2.45) is 0 Å². The molecule has 2 aromatic rings. The first-order valence-electron chi connectivity index (χ1n) is 9.70. The molecule has 162 valence electrons. The average Bonchev–Trinajstić information content (AvgIpc) is 3.03. The molecule has 0 aromatic heterocycles. The molecule has 0 spiro atoms. The normalized spacial score (nSPS) is 17.8. The van der Waals surface area contributed by atoms with Gasteiger partial charge in [-0.25, -0.2) is 8.42 Å². The van der Waals surface area contributed by atoms with Crippen LogP contribution in [-0.2, 0) is 10.0 Å². The summed E-state index contributed by atoms with van der Waals surface area (Å²) in [6, 6.07) is 9.00. The number of nitrogens with zero attached hydrogens (tertiary/aromatic N) is 2. The standard InChI is InChI=1S/C20H23F2N3O4S/c1-3-25(15-5-4-14(2)17(12-15)24-10-8-23-9-11-24)30(26,27)16-6-7-18-19(13-16)29-20(21,22)28-18/h4-7,12-13,23H,3,8-11H2,1-2H3. The number of piperazine rings is 1. The van der Waals surface area contributed by atoms with Crippen molar-refractivity contribution >= 4 is 21.4 Å². The van der Waals surface area contributed by atoms with Gasteiger partial charge in [0.2, 0.25) is 0 Å².